The van der Waals surface area contributed by atoms with Gasteiger partial charge in [-0.3, -0.25) is 5.10 Å². The molecule has 6 heteroatoms. The van der Waals surface area contributed by atoms with Crippen LogP contribution in [0.4, 0.5) is 0 Å². The first-order valence-corrected chi connectivity index (χ1v) is 7.33. The average molecular weight is 305 g/mol. The highest BCUT2D eigenvalue weighted by Gasteiger charge is 2.08. The SMILES string of the molecule is Cc1cc(Cn2cc(-c3cccc(-c4ccco4)c3)nn2)n[nH]1. The Morgan fingerprint density at radius 3 is 2.83 bits per heavy atom. The number of nitrogens with zero attached hydrogens (tertiary/aromatic N) is 4. The lowest BCUT2D eigenvalue weighted by Gasteiger charge is -2.00. The predicted octanol–water partition coefficient (Wildman–Crippen LogP) is 3.28. The number of furan rings is 1. The standard InChI is InChI=1S/C17H15N5O/c1-12-8-15(19-18-12)10-22-11-16(20-21-22)13-4-2-5-14(9-13)17-6-3-7-23-17/h2-9,11H,10H2,1H3,(H,18,19). The summed E-state index contributed by atoms with van der Waals surface area (Å²) in [4.78, 5) is 0. The molecule has 0 saturated heterocycles. The highest BCUT2D eigenvalue weighted by molar-refractivity contribution is 5.68. The molecule has 0 aliphatic heterocycles. The first-order chi connectivity index (χ1) is 11.3. The van der Waals surface area contributed by atoms with Crippen molar-refractivity contribution in [2.75, 3.05) is 0 Å². The number of hydrogen-bond donors (Lipinski definition) is 1. The van der Waals surface area contributed by atoms with Crippen LogP contribution in [0.3, 0.4) is 0 Å². The zero-order valence-corrected chi connectivity index (χ0v) is 12.6. The summed E-state index contributed by atoms with van der Waals surface area (Å²) in [6.45, 7) is 2.57. The lowest BCUT2D eigenvalue weighted by atomic mass is 10.1. The van der Waals surface area contributed by atoms with Crippen molar-refractivity contribution in [1.29, 1.82) is 0 Å². The van der Waals surface area contributed by atoms with Crippen LogP contribution in [-0.4, -0.2) is 25.2 Å². The van der Waals surface area contributed by atoms with Gasteiger partial charge in [0.2, 0.25) is 0 Å². The van der Waals surface area contributed by atoms with Crippen LogP contribution in [0, 0.1) is 6.92 Å². The smallest absolute Gasteiger partial charge is 0.133 e. The number of aromatic nitrogens is 5. The number of hydrogen-bond acceptors (Lipinski definition) is 4. The number of aromatic amines is 1. The Morgan fingerprint density at radius 2 is 2.04 bits per heavy atom. The van der Waals surface area contributed by atoms with Crippen molar-refractivity contribution in [3.63, 3.8) is 0 Å². The molecule has 0 aliphatic carbocycles. The molecule has 114 valence electrons. The lowest BCUT2D eigenvalue weighted by molar-refractivity contribution is 0.582. The van der Waals surface area contributed by atoms with E-state index in [0.717, 1.165) is 34.0 Å². The third kappa shape index (κ3) is 2.78. The first-order valence-electron chi connectivity index (χ1n) is 7.33. The quantitative estimate of drug-likeness (QED) is 0.628. The van der Waals surface area contributed by atoms with Crippen LogP contribution < -0.4 is 0 Å². The maximum Gasteiger partial charge on any atom is 0.133 e. The van der Waals surface area contributed by atoms with Crippen LogP contribution in [0.1, 0.15) is 11.4 Å². The molecular weight excluding hydrogens is 290 g/mol. The van der Waals surface area contributed by atoms with Gasteiger partial charge in [-0.15, -0.1) is 5.10 Å². The lowest BCUT2D eigenvalue weighted by Crippen LogP contribution is -2.00. The Labute approximate surface area is 132 Å². The van der Waals surface area contributed by atoms with E-state index >= 15 is 0 Å². The number of nitrogens with one attached hydrogen (secondary N) is 1. The Hall–Kier alpha value is -3.15. The van der Waals surface area contributed by atoms with E-state index in [2.05, 4.69) is 20.5 Å². The van der Waals surface area contributed by atoms with Crippen molar-refractivity contribution >= 4 is 0 Å². The summed E-state index contributed by atoms with van der Waals surface area (Å²) in [6.07, 6.45) is 3.59. The average Bonchev–Trinajstić information content (AvgIpc) is 3.30. The normalized spacial score (nSPS) is 11.0. The van der Waals surface area contributed by atoms with Gasteiger partial charge in [-0.05, 0) is 31.2 Å². The van der Waals surface area contributed by atoms with Crippen LogP contribution in [0.15, 0.2) is 59.3 Å². The van der Waals surface area contributed by atoms with Crippen molar-refractivity contribution < 1.29 is 4.42 Å². The van der Waals surface area contributed by atoms with E-state index < -0.39 is 0 Å². The van der Waals surface area contributed by atoms with E-state index in [9.17, 15) is 0 Å². The molecule has 0 aliphatic rings. The van der Waals surface area contributed by atoms with Gasteiger partial charge in [0.1, 0.15) is 11.5 Å². The van der Waals surface area contributed by atoms with Crippen molar-refractivity contribution in [2.45, 2.75) is 13.5 Å². The zero-order chi connectivity index (χ0) is 15.6. The highest BCUT2D eigenvalue weighted by atomic mass is 16.3. The number of aryl methyl sites for hydroxylation is 1. The molecule has 0 radical (unpaired) electrons. The fourth-order valence-electron chi connectivity index (χ4n) is 2.50. The molecule has 3 heterocycles. The minimum atomic E-state index is 0.592. The van der Waals surface area contributed by atoms with Gasteiger partial charge in [-0.2, -0.15) is 5.10 Å². The zero-order valence-electron chi connectivity index (χ0n) is 12.6. The number of benzene rings is 1. The van der Waals surface area contributed by atoms with Crippen molar-refractivity contribution in [3.05, 3.63) is 66.3 Å². The molecular formula is C17H15N5O. The summed E-state index contributed by atoms with van der Waals surface area (Å²) in [7, 11) is 0. The monoisotopic (exact) mass is 305 g/mol. The summed E-state index contributed by atoms with van der Waals surface area (Å²) in [5.74, 6) is 0.839. The van der Waals surface area contributed by atoms with Gasteiger partial charge in [0.05, 0.1) is 24.7 Å². The summed E-state index contributed by atoms with van der Waals surface area (Å²) >= 11 is 0. The molecule has 0 atom stereocenters. The van der Waals surface area contributed by atoms with E-state index in [4.69, 9.17) is 4.42 Å². The van der Waals surface area contributed by atoms with Gasteiger partial charge < -0.3 is 4.42 Å². The van der Waals surface area contributed by atoms with Crippen molar-refractivity contribution in [1.82, 2.24) is 25.2 Å². The molecule has 23 heavy (non-hydrogen) atoms. The van der Waals surface area contributed by atoms with Gasteiger partial charge in [-0.1, -0.05) is 23.4 Å². The number of H-pyrrole nitrogens is 1. The molecule has 0 unspecified atom stereocenters. The molecule has 0 amide bonds. The Morgan fingerprint density at radius 1 is 1.13 bits per heavy atom. The second-order valence-corrected chi connectivity index (χ2v) is 5.40. The summed E-state index contributed by atoms with van der Waals surface area (Å²) in [5, 5.41) is 15.6. The summed E-state index contributed by atoms with van der Waals surface area (Å²) in [5.41, 5.74) is 4.81. The fourth-order valence-corrected chi connectivity index (χ4v) is 2.50. The van der Waals surface area contributed by atoms with E-state index in [-0.39, 0.29) is 0 Å². The number of rotatable bonds is 4. The topological polar surface area (TPSA) is 72.5 Å². The van der Waals surface area contributed by atoms with E-state index in [1.165, 1.54) is 0 Å². The molecule has 1 aromatic carbocycles. The van der Waals surface area contributed by atoms with Crippen LogP contribution in [0.25, 0.3) is 22.6 Å². The minimum absolute atomic E-state index is 0.592. The fraction of sp³-hybridized carbons (Fsp3) is 0.118. The van der Waals surface area contributed by atoms with Crippen LogP contribution in [0.2, 0.25) is 0 Å². The molecule has 1 N–H and O–H groups in total. The van der Waals surface area contributed by atoms with Gasteiger partial charge in [-0.25, -0.2) is 4.68 Å². The molecule has 6 nitrogen and oxygen atoms in total. The van der Waals surface area contributed by atoms with Crippen molar-refractivity contribution in [2.24, 2.45) is 0 Å². The second-order valence-electron chi connectivity index (χ2n) is 5.40. The second kappa shape index (κ2) is 5.57. The molecule has 0 saturated carbocycles. The van der Waals surface area contributed by atoms with Gasteiger partial charge in [0.25, 0.3) is 0 Å². The van der Waals surface area contributed by atoms with Crippen molar-refractivity contribution in [3.8, 4) is 22.6 Å². The van der Waals surface area contributed by atoms with Gasteiger partial charge >= 0.3 is 0 Å². The maximum atomic E-state index is 5.44. The van der Waals surface area contributed by atoms with Crippen LogP contribution in [0.5, 0.6) is 0 Å². The minimum Gasteiger partial charge on any atom is -0.464 e. The largest absolute Gasteiger partial charge is 0.464 e. The molecule has 0 fully saturated rings. The van der Waals surface area contributed by atoms with E-state index in [0.29, 0.717) is 6.54 Å². The van der Waals surface area contributed by atoms with Gasteiger partial charge in [0.15, 0.2) is 0 Å². The summed E-state index contributed by atoms with van der Waals surface area (Å²) in [6, 6.07) is 13.9. The van der Waals surface area contributed by atoms with Crippen LogP contribution >= 0.6 is 0 Å². The molecule has 0 spiro atoms. The Bertz CT molecular complexity index is 920. The van der Waals surface area contributed by atoms with Crippen LogP contribution in [-0.2, 0) is 6.54 Å². The third-order valence-corrected chi connectivity index (χ3v) is 3.59. The van der Waals surface area contributed by atoms with Gasteiger partial charge in [0, 0.05) is 16.8 Å². The highest BCUT2D eigenvalue weighted by Crippen LogP contribution is 2.25. The molecule has 4 aromatic rings. The van der Waals surface area contributed by atoms with E-state index in [1.807, 2.05) is 55.6 Å². The Kier molecular flexibility index (Phi) is 3.27. The third-order valence-electron chi connectivity index (χ3n) is 3.59. The maximum absolute atomic E-state index is 5.44. The Balaban J connectivity index is 1.60. The summed E-state index contributed by atoms with van der Waals surface area (Å²) < 4.78 is 7.23. The van der Waals surface area contributed by atoms with E-state index in [1.54, 1.807) is 10.9 Å². The molecule has 3 aromatic heterocycles. The predicted molar refractivity (Wildman–Crippen MR) is 85.6 cm³/mol. The first kappa shape index (κ1) is 13.5. The molecule has 0 bridgehead atoms. The molecule has 4 rings (SSSR count).